The second-order valence-electron chi connectivity index (χ2n) is 4.09. The number of esters is 2. The highest BCUT2D eigenvalue weighted by molar-refractivity contribution is 6.21. The quantitative estimate of drug-likeness (QED) is 0.539. The number of carbonyl (C=O) groups is 3. The summed E-state index contributed by atoms with van der Waals surface area (Å²) < 4.78 is 8.71. The SMILES string of the molecule is CCOC(=O)C=N.CCOC(C)=O.NCc1cccc(C(N)=O)c1. The maximum Gasteiger partial charge on any atom is 0.348 e. The molecule has 1 rings (SSSR count). The van der Waals surface area contributed by atoms with E-state index in [0.717, 1.165) is 5.56 Å². The first-order chi connectivity index (χ1) is 11.3. The minimum atomic E-state index is -0.581. The lowest BCUT2D eigenvalue weighted by atomic mass is 10.1. The average molecular weight is 339 g/mol. The molecule has 0 aromatic heterocycles. The van der Waals surface area contributed by atoms with Crippen LogP contribution in [0.1, 0.15) is 36.7 Å². The molecular formula is C16H25N3O5. The maximum absolute atomic E-state index is 10.7. The Bertz CT molecular complexity index is 532. The predicted molar refractivity (Wildman–Crippen MR) is 90.6 cm³/mol. The summed E-state index contributed by atoms with van der Waals surface area (Å²) in [5.41, 5.74) is 11.8. The topological polar surface area (TPSA) is 146 Å². The van der Waals surface area contributed by atoms with Crippen LogP contribution in [0.3, 0.4) is 0 Å². The third-order valence-corrected chi connectivity index (χ3v) is 2.20. The fraction of sp³-hybridized carbons (Fsp3) is 0.375. The number of carbonyl (C=O) groups excluding carboxylic acids is 3. The molecule has 0 aliphatic carbocycles. The first kappa shape index (κ1) is 23.5. The highest BCUT2D eigenvalue weighted by Crippen LogP contribution is 2.02. The molecule has 0 bridgehead atoms. The Labute approximate surface area is 141 Å². The van der Waals surface area contributed by atoms with Gasteiger partial charge in [0, 0.05) is 19.0 Å². The van der Waals surface area contributed by atoms with Gasteiger partial charge in [-0.05, 0) is 31.5 Å². The van der Waals surface area contributed by atoms with Gasteiger partial charge in [-0.3, -0.25) is 9.59 Å². The number of hydrogen-bond donors (Lipinski definition) is 3. The number of benzene rings is 1. The summed E-state index contributed by atoms with van der Waals surface area (Å²) in [6.07, 6.45) is 0.642. The summed E-state index contributed by atoms with van der Waals surface area (Å²) in [6.45, 7) is 6.12. The second kappa shape index (κ2) is 15.2. The van der Waals surface area contributed by atoms with Gasteiger partial charge in [0.2, 0.25) is 5.91 Å². The van der Waals surface area contributed by atoms with Crippen LogP contribution in [0.25, 0.3) is 0 Å². The van der Waals surface area contributed by atoms with Gasteiger partial charge in [-0.2, -0.15) is 0 Å². The van der Waals surface area contributed by atoms with Crippen LogP contribution in [0.4, 0.5) is 0 Å². The molecule has 0 aliphatic heterocycles. The Morgan fingerprint density at radius 2 is 1.75 bits per heavy atom. The molecule has 0 unspecified atom stereocenters. The van der Waals surface area contributed by atoms with E-state index < -0.39 is 11.9 Å². The van der Waals surface area contributed by atoms with Crippen molar-refractivity contribution in [2.24, 2.45) is 11.5 Å². The van der Waals surface area contributed by atoms with Crippen LogP contribution >= 0.6 is 0 Å². The first-order valence-electron chi connectivity index (χ1n) is 7.21. The van der Waals surface area contributed by atoms with E-state index in [9.17, 15) is 14.4 Å². The molecule has 24 heavy (non-hydrogen) atoms. The van der Waals surface area contributed by atoms with Crippen molar-refractivity contribution in [1.82, 2.24) is 0 Å². The van der Waals surface area contributed by atoms with Gasteiger partial charge in [-0.15, -0.1) is 0 Å². The van der Waals surface area contributed by atoms with E-state index in [1.54, 1.807) is 32.0 Å². The Hall–Kier alpha value is -2.74. The molecule has 0 saturated heterocycles. The van der Waals surface area contributed by atoms with E-state index in [4.69, 9.17) is 16.9 Å². The Morgan fingerprint density at radius 1 is 1.17 bits per heavy atom. The number of hydrogen-bond acceptors (Lipinski definition) is 7. The summed E-state index contributed by atoms with van der Waals surface area (Å²) in [4.78, 5) is 30.4. The number of rotatable bonds is 5. The number of amides is 1. The van der Waals surface area contributed by atoms with Crippen molar-refractivity contribution in [2.75, 3.05) is 13.2 Å². The molecule has 0 saturated carbocycles. The zero-order chi connectivity index (χ0) is 19.0. The molecule has 0 radical (unpaired) electrons. The van der Waals surface area contributed by atoms with Gasteiger partial charge in [0.15, 0.2) is 0 Å². The summed E-state index contributed by atoms with van der Waals surface area (Å²) in [5, 5.41) is 6.31. The minimum absolute atomic E-state index is 0.211. The molecule has 1 amide bonds. The van der Waals surface area contributed by atoms with E-state index >= 15 is 0 Å². The fourth-order valence-corrected chi connectivity index (χ4v) is 1.24. The molecule has 0 fully saturated rings. The van der Waals surface area contributed by atoms with Crippen LogP contribution in [0, 0.1) is 5.41 Å². The van der Waals surface area contributed by atoms with Crippen LogP contribution in [-0.4, -0.2) is 37.3 Å². The van der Waals surface area contributed by atoms with Crippen LogP contribution in [-0.2, 0) is 25.6 Å². The lowest BCUT2D eigenvalue weighted by Gasteiger charge is -1.97. The Morgan fingerprint density at radius 3 is 2.04 bits per heavy atom. The largest absolute Gasteiger partial charge is 0.466 e. The van der Waals surface area contributed by atoms with Crippen LogP contribution in [0.15, 0.2) is 24.3 Å². The smallest absolute Gasteiger partial charge is 0.348 e. The van der Waals surface area contributed by atoms with E-state index in [-0.39, 0.29) is 5.97 Å². The zero-order valence-electron chi connectivity index (χ0n) is 14.2. The molecule has 0 atom stereocenters. The molecule has 5 N–H and O–H groups in total. The normalized spacial score (nSPS) is 8.50. The second-order valence-corrected chi connectivity index (χ2v) is 4.09. The molecule has 8 nitrogen and oxygen atoms in total. The van der Waals surface area contributed by atoms with Crippen LogP contribution < -0.4 is 11.5 Å². The third kappa shape index (κ3) is 14.2. The fourth-order valence-electron chi connectivity index (χ4n) is 1.24. The summed E-state index contributed by atoms with van der Waals surface area (Å²) in [6, 6.07) is 6.98. The van der Waals surface area contributed by atoms with Crippen molar-refractivity contribution < 1.29 is 23.9 Å². The first-order valence-corrected chi connectivity index (χ1v) is 7.21. The molecule has 134 valence electrons. The summed E-state index contributed by atoms with van der Waals surface area (Å²) >= 11 is 0. The molecule has 0 spiro atoms. The lowest BCUT2D eigenvalue weighted by Crippen LogP contribution is -2.11. The van der Waals surface area contributed by atoms with Crippen molar-refractivity contribution in [3.63, 3.8) is 0 Å². The lowest BCUT2D eigenvalue weighted by molar-refractivity contribution is -0.140. The van der Waals surface area contributed by atoms with Crippen molar-refractivity contribution >= 4 is 24.1 Å². The van der Waals surface area contributed by atoms with Crippen molar-refractivity contribution in [3.8, 4) is 0 Å². The van der Waals surface area contributed by atoms with E-state index in [1.165, 1.54) is 6.92 Å². The number of nitrogens with one attached hydrogen (secondary N) is 1. The highest BCUT2D eigenvalue weighted by atomic mass is 16.5. The number of primary amides is 1. The van der Waals surface area contributed by atoms with Crippen molar-refractivity contribution in [1.29, 1.82) is 5.41 Å². The van der Waals surface area contributed by atoms with Crippen LogP contribution in [0.5, 0.6) is 0 Å². The Kier molecular flexibility index (Phi) is 14.9. The van der Waals surface area contributed by atoms with Crippen LogP contribution in [0.2, 0.25) is 0 Å². The maximum atomic E-state index is 10.7. The zero-order valence-corrected chi connectivity index (χ0v) is 14.2. The highest BCUT2D eigenvalue weighted by Gasteiger charge is 1.98. The molecule has 1 aromatic rings. The van der Waals surface area contributed by atoms with Gasteiger partial charge in [0.05, 0.1) is 13.2 Å². The summed E-state index contributed by atoms with van der Waals surface area (Å²) in [7, 11) is 0. The predicted octanol–water partition coefficient (Wildman–Crippen LogP) is 1.01. The third-order valence-electron chi connectivity index (χ3n) is 2.20. The van der Waals surface area contributed by atoms with E-state index in [1.807, 2.05) is 6.07 Å². The molecule has 0 heterocycles. The van der Waals surface area contributed by atoms with Gasteiger partial charge in [-0.1, -0.05) is 12.1 Å². The average Bonchev–Trinajstić information content (AvgIpc) is 2.56. The Balaban J connectivity index is 0. The molecule has 0 aliphatic rings. The minimum Gasteiger partial charge on any atom is -0.466 e. The molecule has 1 aromatic carbocycles. The number of nitrogens with two attached hydrogens (primary N) is 2. The van der Waals surface area contributed by atoms with Gasteiger partial charge < -0.3 is 26.4 Å². The molecule has 8 heteroatoms. The van der Waals surface area contributed by atoms with Gasteiger partial charge in [-0.25, -0.2) is 4.79 Å². The summed E-state index contributed by atoms with van der Waals surface area (Å²) in [5.74, 6) is -1.21. The van der Waals surface area contributed by atoms with E-state index in [2.05, 4.69) is 9.47 Å². The van der Waals surface area contributed by atoms with Gasteiger partial charge >= 0.3 is 11.9 Å². The molecular weight excluding hydrogens is 314 g/mol. The standard InChI is InChI=1S/C8H10N2O.C4H7NO2.C4H8O2/c9-5-6-2-1-3-7(4-6)8(10)11;1-2-7-4(6)3-5;1-3-6-4(2)5/h1-4H,5,9H2,(H2,10,11);3,5H,2H2,1H3;3H2,1-2H3. The van der Waals surface area contributed by atoms with Gasteiger partial charge in [0.25, 0.3) is 0 Å². The monoisotopic (exact) mass is 339 g/mol. The van der Waals surface area contributed by atoms with Gasteiger partial charge in [0.1, 0.15) is 6.21 Å². The van der Waals surface area contributed by atoms with E-state index in [0.29, 0.717) is 31.5 Å². The number of ether oxygens (including phenoxy) is 2. The van der Waals surface area contributed by atoms with Crippen molar-refractivity contribution in [3.05, 3.63) is 35.4 Å². The van der Waals surface area contributed by atoms with Crippen molar-refractivity contribution in [2.45, 2.75) is 27.3 Å².